The van der Waals surface area contributed by atoms with Gasteiger partial charge in [0.2, 0.25) is 0 Å². The van der Waals surface area contributed by atoms with E-state index in [-0.39, 0.29) is 5.78 Å². The van der Waals surface area contributed by atoms with Crippen LogP contribution in [-0.2, 0) is 0 Å². The summed E-state index contributed by atoms with van der Waals surface area (Å²) >= 11 is 0. The Morgan fingerprint density at radius 1 is 1.12 bits per heavy atom. The molecule has 0 radical (unpaired) electrons. The van der Waals surface area contributed by atoms with Crippen molar-refractivity contribution in [1.82, 2.24) is 0 Å². The molecule has 0 aliphatic carbocycles. The molecule has 0 saturated heterocycles. The fraction of sp³-hybridized carbons (Fsp3) is 0.400. The molecular weight excluding hydrogens is 196 g/mol. The Morgan fingerprint density at radius 3 is 2.56 bits per heavy atom. The zero-order valence-corrected chi connectivity index (χ0v) is 9.99. The number of hydrogen-bond acceptors (Lipinski definition) is 1. The molecule has 0 atom stereocenters. The van der Waals surface area contributed by atoms with E-state index < -0.39 is 0 Å². The number of allylic oxidation sites excluding steroid dienone is 2. The number of unbranched alkanes of at least 4 members (excludes halogenated alkanes) is 3. The van der Waals surface area contributed by atoms with Gasteiger partial charge < -0.3 is 0 Å². The summed E-state index contributed by atoms with van der Waals surface area (Å²) in [5, 5.41) is 0. The van der Waals surface area contributed by atoms with Crippen LogP contribution in [0.15, 0.2) is 42.5 Å². The van der Waals surface area contributed by atoms with E-state index in [4.69, 9.17) is 0 Å². The Kier molecular flexibility index (Phi) is 6.24. The van der Waals surface area contributed by atoms with E-state index in [0.29, 0.717) is 6.42 Å². The maximum atomic E-state index is 11.7. The molecule has 0 fully saturated rings. The van der Waals surface area contributed by atoms with Gasteiger partial charge in [0.25, 0.3) is 0 Å². The number of carbonyl (C=O) groups excluding carboxylic acids is 1. The summed E-state index contributed by atoms with van der Waals surface area (Å²) in [6.45, 7) is 2.20. The van der Waals surface area contributed by atoms with Gasteiger partial charge in [-0.15, -0.1) is 0 Å². The lowest BCUT2D eigenvalue weighted by molar-refractivity contribution is 0.0996. The van der Waals surface area contributed by atoms with Crippen molar-refractivity contribution in [2.24, 2.45) is 0 Å². The van der Waals surface area contributed by atoms with Crippen LogP contribution in [0, 0.1) is 0 Å². The molecule has 1 rings (SSSR count). The molecule has 0 spiro atoms. The largest absolute Gasteiger partial charge is 0.294 e. The van der Waals surface area contributed by atoms with Gasteiger partial charge in [0.15, 0.2) is 5.78 Å². The second kappa shape index (κ2) is 7.86. The highest BCUT2D eigenvalue weighted by molar-refractivity contribution is 5.96. The van der Waals surface area contributed by atoms with Gasteiger partial charge in [-0.25, -0.2) is 0 Å². The molecule has 0 aromatic heterocycles. The predicted octanol–water partition coefficient (Wildman–Crippen LogP) is 4.40. The summed E-state index contributed by atoms with van der Waals surface area (Å²) in [6.07, 6.45) is 9.48. The van der Waals surface area contributed by atoms with E-state index in [9.17, 15) is 4.79 Å². The van der Waals surface area contributed by atoms with E-state index in [2.05, 4.69) is 13.0 Å². The van der Waals surface area contributed by atoms with Crippen LogP contribution in [0.5, 0.6) is 0 Å². The molecule has 1 aromatic carbocycles. The monoisotopic (exact) mass is 216 g/mol. The van der Waals surface area contributed by atoms with Crippen molar-refractivity contribution in [1.29, 1.82) is 0 Å². The normalized spacial score (nSPS) is 10.8. The smallest absolute Gasteiger partial charge is 0.166 e. The lowest BCUT2D eigenvalue weighted by atomic mass is 10.1. The third kappa shape index (κ3) is 4.92. The Hall–Kier alpha value is -1.37. The molecule has 0 heterocycles. The number of Topliss-reactive ketones (excluding diaryl/α,β-unsaturated/α-hetero) is 1. The van der Waals surface area contributed by atoms with E-state index in [0.717, 1.165) is 12.0 Å². The van der Waals surface area contributed by atoms with Crippen molar-refractivity contribution < 1.29 is 4.79 Å². The molecule has 1 heteroatoms. The molecule has 0 unspecified atom stereocenters. The highest BCUT2D eigenvalue weighted by atomic mass is 16.1. The first-order chi connectivity index (χ1) is 7.84. The SMILES string of the molecule is CCCCCC=CCC(=O)c1ccccc1. The van der Waals surface area contributed by atoms with Crippen molar-refractivity contribution in [3.8, 4) is 0 Å². The second-order valence-corrected chi connectivity index (χ2v) is 3.96. The zero-order valence-electron chi connectivity index (χ0n) is 9.99. The molecular formula is C15H20O. The molecule has 86 valence electrons. The first kappa shape index (κ1) is 12.7. The van der Waals surface area contributed by atoms with Crippen LogP contribution in [-0.4, -0.2) is 5.78 Å². The summed E-state index contributed by atoms with van der Waals surface area (Å²) in [5.41, 5.74) is 0.806. The van der Waals surface area contributed by atoms with Gasteiger partial charge in [-0.2, -0.15) is 0 Å². The standard InChI is InChI=1S/C15H20O/c1-2-3-4-5-6-10-13-15(16)14-11-8-7-9-12-14/h6-12H,2-5,13H2,1H3. The Morgan fingerprint density at radius 2 is 1.88 bits per heavy atom. The number of hydrogen-bond donors (Lipinski definition) is 0. The summed E-state index contributed by atoms with van der Waals surface area (Å²) in [5.74, 6) is 0.201. The molecule has 0 saturated carbocycles. The summed E-state index contributed by atoms with van der Waals surface area (Å²) < 4.78 is 0. The minimum atomic E-state index is 0.201. The molecule has 0 N–H and O–H groups in total. The predicted molar refractivity (Wildman–Crippen MR) is 68.7 cm³/mol. The number of rotatable bonds is 7. The number of ketones is 1. The van der Waals surface area contributed by atoms with Crippen molar-refractivity contribution >= 4 is 5.78 Å². The average Bonchev–Trinajstić information content (AvgIpc) is 2.34. The fourth-order valence-electron chi connectivity index (χ4n) is 1.56. The van der Waals surface area contributed by atoms with Crippen LogP contribution in [0.4, 0.5) is 0 Å². The highest BCUT2D eigenvalue weighted by Gasteiger charge is 2.00. The summed E-state index contributed by atoms with van der Waals surface area (Å²) in [4.78, 5) is 11.7. The maximum Gasteiger partial charge on any atom is 0.166 e. The van der Waals surface area contributed by atoms with E-state index in [1.807, 2.05) is 36.4 Å². The topological polar surface area (TPSA) is 17.1 Å². The molecule has 1 aromatic rings. The zero-order chi connectivity index (χ0) is 11.6. The lowest BCUT2D eigenvalue weighted by Gasteiger charge is -1.96. The van der Waals surface area contributed by atoms with Gasteiger partial charge in [-0.05, 0) is 12.8 Å². The Bertz CT molecular complexity index is 325. The van der Waals surface area contributed by atoms with Crippen LogP contribution < -0.4 is 0 Å². The van der Waals surface area contributed by atoms with E-state index in [1.165, 1.54) is 19.3 Å². The van der Waals surface area contributed by atoms with Crippen LogP contribution >= 0.6 is 0 Å². The molecule has 0 amide bonds. The Balaban J connectivity index is 2.25. The Labute approximate surface area is 98.2 Å². The summed E-state index contributed by atoms with van der Waals surface area (Å²) in [7, 11) is 0. The minimum Gasteiger partial charge on any atom is -0.294 e. The van der Waals surface area contributed by atoms with E-state index in [1.54, 1.807) is 0 Å². The second-order valence-electron chi connectivity index (χ2n) is 3.96. The van der Waals surface area contributed by atoms with Crippen molar-refractivity contribution in [3.63, 3.8) is 0 Å². The van der Waals surface area contributed by atoms with Crippen LogP contribution in [0.1, 0.15) is 49.4 Å². The maximum absolute atomic E-state index is 11.7. The van der Waals surface area contributed by atoms with Crippen LogP contribution in [0.25, 0.3) is 0 Å². The van der Waals surface area contributed by atoms with Gasteiger partial charge in [-0.1, -0.05) is 62.2 Å². The van der Waals surface area contributed by atoms with Crippen LogP contribution in [0.2, 0.25) is 0 Å². The van der Waals surface area contributed by atoms with Crippen molar-refractivity contribution in [3.05, 3.63) is 48.0 Å². The number of carbonyl (C=O) groups is 1. The molecule has 1 nitrogen and oxygen atoms in total. The van der Waals surface area contributed by atoms with Gasteiger partial charge in [0.05, 0.1) is 0 Å². The van der Waals surface area contributed by atoms with Gasteiger partial charge in [0, 0.05) is 12.0 Å². The van der Waals surface area contributed by atoms with Gasteiger partial charge >= 0.3 is 0 Å². The summed E-state index contributed by atoms with van der Waals surface area (Å²) in [6, 6.07) is 9.47. The third-order valence-electron chi connectivity index (χ3n) is 2.54. The van der Waals surface area contributed by atoms with E-state index >= 15 is 0 Å². The first-order valence-corrected chi connectivity index (χ1v) is 6.08. The first-order valence-electron chi connectivity index (χ1n) is 6.08. The molecule has 16 heavy (non-hydrogen) atoms. The van der Waals surface area contributed by atoms with Gasteiger partial charge in [-0.3, -0.25) is 4.79 Å². The molecule has 0 aliphatic rings. The highest BCUT2D eigenvalue weighted by Crippen LogP contribution is 2.05. The lowest BCUT2D eigenvalue weighted by Crippen LogP contribution is -1.95. The fourth-order valence-corrected chi connectivity index (χ4v) is 1.56. The molecule has 0 aliphatic heterocycles. The minimum absolute atomic E-state index is 0.201. The quantitative estimate of drug-likeness (QED) is 0.375. The van der Waals surface area contributed by atoms with Gasteiger partial charge in [0.1, 0.15) is 0 Å². The number of benzene rings is 1. The van der Waals surface area contributed by atoms with Crippen molar-refractivity contribution in [2.75, 3.05) is 0 Å². The third-order valence-corrected chi connectivity index (χ3v) is 2.54. The molecule has 0 bridgehead atoms. The van der Waals surface area contributed by atoms with Crippen LogP contribution in [0.3, 0.4) is 0 Å². The average molecular weight is 216 g/mol. The van der Waals surface area contributed by atoms with Crippen molar-refractivity contribution in [2.45, 2.75) is 39.0 Å².